The van der Waals surface area contributed by atoms with Crippen molar-refractivity contribution in [2.45, 2.75) is 6.54 Å². The van der Waals surface area contributed by atoms with Gasteiger partial charge in [0.2, 0.25) is 5.82 Å². The van der Waals surface area contributed by atoms with Crippen LogP contribution >= 0.6 is 0 Å². The first-order valence-electron chi connectivity index (χ1n) is 6.28. The van der Waals surface area contributed by atoms with Gasteiger partial charge >= 0.3 is 5.82 Å². The molecule has 0 amide bonds. The van der Waals surface area contributed by atoms with Gasteiger partial charge in [0, 0.05) is 17.7 Å². The molecule has 1 aromatic carbocycles. The molecule has 0 bridgehead atoms. The molecule has 0 saturated carbocycles. The molecule has 2 heterocycles. The molecule has 0 unspecified atom stereocenters. The Balaban J connectivity index is 1.76. The summed E-state index contributed by atoms with van der Waals surface area (Å²) in [4.78, 5) is 24.2. The standard InChI is InChI=1S/C12H8N6O5/c19-17(20)9-3-1-8(2-4-9)12-13-11(23-15-12)7-16-6-5-10(14-16)18(21)22/h1-6H,7H2. The molecule has 23 heavy (non-hydrogen) atoms. The van der Waals surface area contributed by atoms with Crippen molar-refractivity contribution in [3.63, 3.8) is 0 Å². The maximum atomic E-state index is 10.6. The maximum Gasteiger partial charge on any atom is 0.389 e. The monoisotopic (exact) mass is 316 g/mol. The lowest BCUT2D eigenvalue weighted by Gasteiger charge is -1.93. The van der Waals surface area contributed by atoms with Crippen molar-refractivity contribution in [1.82, 2.24) is 19.9 Å². The largest absolute Gasteiger partial charge is 0.389 e. The third kappa shape index (κ3) is 3.02. The Morgan fingerprint density at radius 2 is 1.83 bits per heavy atom. The van der Waals surface area contributed by atoms with Crippen LogP contribution in [0, 0.1) is 20.2 Å². The summed E-state index contributed by atoms with van der Waals surface area (Å²) >= 11 is 0. The predicted molar refractivity (Wildman–Crippen MR) is 74.4 cm³/mol. The molecule has 2 aromatic heterocycles. The lowest BCUT2D eigenvalue weighted by atomic mass is 10.2. The van der Waals surface area contributed by atoms with Crippen molar-refractivity contribution in [1.29, 1.82) is 0 Å². The van der Waals surface area contributed by atoms with Crippen LogP contribution in [0.1, 0.15) is 5.89 Å². The molecule has 0 spiro atoms. The normalized spacial score (nSPS) is 10.6. The Hall–Kier alpha value is -3.63. The highest BCUT2D eigenvalue weighted by atomic mass is 16.6. The number of benzene rings is 1. The molecule has 11 heteroatoms. The third-order valence-electron chi connectivity index (χ3n) is 2.92. The summed E-state index contributed by atoms with van der Waals surface area (Å²) in [5.41, 5.74) is 0.512. The minimum absolute atomic E-state index is 0.0404. The lowest BCUT2D eigenvalue weighted by molar-refractivity contribution is -0.389. The summed E-state index contributed by atoms with van der Waals surface area (Å²) < 4.78 is 6.34. The van der Waals surface area contributed by atoms with E-state index in [4.69, 9.17) is 4.52 Å². The van der Waals surface area contributed by atoms with Gasteiger partial charge in [0.05, 0.1) is 22.3 Å². The van der Waals surface area contributed by atoms with Crippen LogP contribution in [0.4, 0.5) is 11.5 Å². The van der Waals surface area contributed by atoms with E-state index in [2.05, 4.69) is 15.2 Å². The molecule has 0 atom stereocenters. The van der Waals surface area contributed by atoms with Crippen molar-refractivity contribution in [3.05, 3.63) is 62.6 Å². The van der Waals surface area contributed by atoms with E-state index in [1.165, 1.54) is 41.2 Å². The van der Waals surface area contributed by atoms with E-state index >= 15 is 0 Å². The predicted octanol–water partition coefficient (Wildman–Crippen LogP) is 1.80. The molecular formula is C12H8N6O5. The second kappa shape index (κ2) is 5.63. The molecule has 0 aliphatic carbocycles. The van der Waals surface area contributed by atoms with Crippen molar-refractivity contribution < 1.29 is 14.4 Å². The summed E-state index contributed by atoms with van der Waals surface area (Å²) in [5, 5.41) is 28.7. The van der Waals surface area contributed by atoms with Crippen LogP contribution in [0.15, 0.2) is 41.1 Å². The van der Waals surface area contributed by atoms with Crippen LogP contribution in [0.2, 0.25) is 0 Å². The topological polar surface area (TPSA) is 143 Å². The van der Waals surface area contributed by atoms with Gasteiger partial charge in [-0.2, -0.15) is 9.67 Å². The average molecular weight is 316 g/mol. The smallest absolute Gasteiger partial charge is 0.358 e. The fourth-order valence-corrected chi connectivity index (χ4v) is 1.84. The van der Waals surface area contributed by atoms with Gasteiger partial charge < -0.3 is 14.6 Å². The quantitative estimate of drug-likeness (QED) is 0.512. The Labute approximate surface area is 127 Å². The van der Waals surface area contributed by atoms with Gasteiger partial charge in [-0.15, -0.1) is 0 Å². The molecule has 0 saturated heterocycles. The molecule has 3 aromatic rings. The number of non-ortho nitro benzene ring substituents is 1. The Morgan fingerprint density at radius 1 is 1.09 bits per heavy atom. The Kier molecular flexibility index (Phi) is 3.51. The summed E-state index contributed by atoms with van der Waals surface area (Å²) in [6, 6.07) is 6.94. The average Bonchev–Trinajstić information content (AvgIpc) is 3.17. The van der Waals surface area contributed by atoms with Crippen molar-refractivity contribution in [2.75, 3.05) is 0 Å². The number of hydrogen-bond acceptors (Lipinski definition) is 8. The first-order valence-corrected chi connectivity index (χ1v) is 6.28. The first kappa shape index (κ1) is 14.3. The van der Waals surface area contributed by atoms with Crippen molar-refractivity contribution in [2.24, 2.45) is 0 Å². The van der Waals surface area contributed by atoms with E-state index in [0.717, 1.165) is 0 Å². The lowest BCUT2D eigenvalue weighted by Crippen LogP contribution is -2.01. The molecule has 0 N–H and O–H groups in total. The second-order valence-corrected chi connectivity index (χ2v) is 4.44. The van der Waals surface area contributed by atoms with Gasteiger partial charge in [-0.3, -0.25) is 10.1 Å². The number of nitro groups is 2. The molecular weight excluding hydrogens is 308 g/mol. The van der Waals surface area contributed by atoms with Crippen molar-refractivity contribution in [3.8, 4) is 11.4 Å². The maximum absolute atomic E-state index is 10.6. The van der Waals surface area contributed by atoms with Crippen LogP contribution in [0.5, 0.6) is 0 Å². The zero-order chi connectivity index (χ0) is 16.4. The van der Waals surface area contributed by atoms with Crippen LogP contribution in [-0.2, 0) is 6.54 Å². The van der Waals surface area contributed by atoms with E-state index in [9.17, 15) is 20.2 Å². The highest BCUT2D eigenvalue weighted by Gasteiger charge is 2.15. The molecule has 0 radical (unpaired) electrons. The highest BCUT2D eigenvalue weighted by molar-refractivity contribution is 5.56. The van der Waals surface area contributed by atoms with Gasteiger partial charge in [-0.1, -0.05) is 5.16 Å². The Bertz CT molecular complexity index is 868. The first-order chi connectivity index (χ1) is 11.0. The number of hydrogen-bond donors (Lipinski definition) is 0. The SMILES string of the molecule is O=[N+]([O-])c1ccc(-c2noc(Cn3ccc([N+](=O)[O-])n3)n2)cc1. The Morgan fingerprint density at radius 3 is 2.43 bits per heavy atom. The fraction of sp³-hybridized carbons (Fsp3) is 0.0833. The van der Waals surface area contributed by atoms with E-state index < -0.39 is 9.85 Å². The van der Waals surface area contributed by atoms with E-state index in [1.807, 2.05) is 0 Å². The molecule has 0 fully saturated rings. The van der Waals surface area contributed by atoms with E-state index in [0.29, 0.717) is 5.56 Å². The minimum Gasteiger partial charge on any atom is -0.358 e. The molecule has 0 aliphatic rings. The van der Waals surface area contributed by atoms with Crippen LogP contribution in [-0.4, -0.2) is 29.8 Å². The summed E-state index contributed by atoms with van der Waals surface area (Å²) in [5.74, 6) is 0.188. The van der Waals surface area contributed by atoms with Gasteiger partial charge in [-0.05, 0) is 17.1 Å². The zero-order valence-electron chi connectivity index (χ0n) is 11.4. The van der Waals surface area contributed by atoms with Crippen LogP contribution < -0.4 is 0 Å². The van der Waals surface area contributed by atoms with E-state index in [-0.39, 0.29) is 29.8 Å². The van der Waals surface area contributed by atoms with Crippen LogP contribution in [0.3, 0.4) is 0 Å². The zero-order valence-corrected chi connectivity index (χ0v) is 11.4. The number of nitrogens with zero attached hydrogens (tertiary/aromatic N) is 6. The van der Waals surface area contributed by atoms with E-state index in [1.54, 1.807) is 0 Å². The minimum atomic E-state index is -0.605. The molecule has 3 rings (SSSR count). The summed E-state index contributed by atoms with van der Waals surface area (Å²) in [6.07, 6.45) is 1.42. The third-order valence-corrected chi connectivity index (χ3v) is 2.92. The number of rotatable bonds is 5. The van der Waals surface area contributed by atoms with Crippen molar-refractivity contribution >= 4 is 11.5 Å². The molecule has 11 nitrogen and oxygen atoms in total. The van der Waals surface area contributed by atoms with Gasteiger partial charge in [0.1, 0.15) is 6.54 Å². The molecule has 0 aliphatic heterocycles. The molecule has 116 valence electrons. The summed E-state index contributed by atoms with van der Waals surface area (Å²) in [6.45, 7) is 0.0772. The van der Waals surface area contributed by atoms with Crippen LogP contribution in [0.25, 0.3) is 11.4 Å². The highest BCUT2D eigenvalue weighted by Crippen LogP contribution is 2.20. The second-order valence-electron chi connectivity index (χ2n) is 4.44. The van der Waals surface area contributed by atoms with Gasteiger partial charge in [-0.25, -0.2) is 0 Å². The van der Waals surface area contributed by atoms with Gasteiger partial charge in [0.25, 0.3) is 11.6 Å². The number of aromatic nitrogens is 4. The fourth-order valence-electron chi connectivity index (χ4n) is 1.84. The summed E-state index contributed by atoms with van der Waals surface area (Å²) in [7, 11) is 0. The number of nitro benzene ring substituents is 1. The van der Waals surface area contributed by atoms with Gasteiger partial charge in [0.15, 0.2) is 0 Å².